The molecule has 0 spiro atoms. The van der Waals surface area contributed by atoms with Crippen molar-refractivity contribution in [2.75, 3.05) is 11.9 Å². The summed E-state index contributed by atoms with van der Waals surface area (Å²) in [6.07, 6.45) is 0. The summed E-state index contributed by atoms with van der Waals surface area (Å²) in [4.78, 5) is 2.10. The molecule has 18 heavy (non-hydrogen) atoms. The summed E-state index contributed by atoms with van der Waals surface area (Å²) in [6.45, 7) is 0.811. The van der Waals surface area contributed by atoms with Crippen LogP contribution in [0.15, 0.2) is 39.5 Å². The van der Waals surface area contributed by atoms with Crippen molar-refractivity contribution in [3.63, 3.8) is 0 Å². The molecular weight excluding hydrogens is 310 g/mol. The molecule has 1 heterocycles. The van der Waals surface area contributed by atoms with Gasteiger partial charge in [-0.25, -0.2) is 0 Å². The van der Waals surface area contributed by atoms with E-state index in [-0.39, 0.29) is 5.84 Å². The number of thiophene rings is 1. The number of hydrogen-bond donors (Lipinski definition) is 2. The van der Waals surface area contributed by atoms with Crippen LogP contribution in [0, 0.1) is 5.41 Å². The number of halogens is 1. The van der Waals surface area contributed by atoms with Crippen molar-refractivity contribution in [1.82, 2.24) is 0 Å². The molecule has 0 fully saturated rings. The summed E-state index contributed by atoms with van der Waals surface area (Å²) in [5.41, 5.74) is 8.62. The molecule has 0 radical (unpaired) electrons. The Morgan fingerprint density at radius 1 is 1.44 bits per heavy atom. The van der Waals surface area contributed by atoms with Crippen molar-refractivity contribution in [2.24, 2.45) is 5.73 Å². The minimum absolute atomic E-state index is 0.0865. The van der Waals surface area contributed by atoms with Gasteiger partial charge in [0.1, 0.15) is 5.84 Å². The molecule has 2 rings (SSSR count). The lowest BCUT2D eigenvalue weighted by molar-refractivity contribution is 0.925. The number of rotatable bonds is 4. The van der Waals surface area contributed by atoms with Crippen LogP contribution in [0.4, 0.5) is 5.69 Å². The van der Waals surface area contributed by atoms with E-state index in [0.29, 0.717) is 0 Å². The van der Waals surface area contributed by atoms with E-state index >= 15 is 0 Å². The molecule has 94 valence electrons. The first-order valence-electron chi connectivity index (χ1n) is 5.44. The molecule has 3 N–H and O–H groups in total. The summed E-state index contributed by atoms with van der Waals surface area (Å²) in [5, 5.41) is 11.8. The smallest absolute Gasteiger partial charge is 0.124 e. The Bertz CT molecular complexity index is 551. The van der Waals surface area contributed by atoms with Gasteiger partial charge in [-0.15, -0.1) is 0 Å². The molecule has 1 aromatic heterocycles. The van der Waals surface area contributed by atoms with Crippen molar-refractivity contribution >= 4 is 38.8 Å². The SMILES string of the molecule is CN(Cc1ccsc1)c1ccc(Br)cc1C(=N)N. The van der Waals surface area contributed by atoms with E-state index in [1.54, 1.807) is 11.3 Å². The van der Waals surface area contributed by atoms with Gasteiger partial charge in [-0.3, -0.25) is 5.41 Å². The number of anilines is 1. The number of nitrogens with two attached hydrogens (primary N) is 1. The maximum Gasteiger partial charge on any atom is 0.124 e. The van der Waals surface area contributed by atoms with Gasteiger partial charge in [0.2, 0.25) is 0 Å². The molecule has 0 saturated carbocycles. The zero-order valence-electron chi connectivity index (χ0n) is 9.98. The highest BCUT2D eigenvalue weighted by atomic mass is 79.9. The quantitative estimate of drug-likeness (QED) is 0.669. The first-order valence-corrected chi connectivity index (χ1v) is 7.17. The monoisotopic (exact) mass is 323 g/mol. The average Bonchev–Trinajstić information content (AvgIpc) is 2.81. The van der Waals surface area contributed by atoms with Crippen LogP contribution >= 0.6 is 27.3 Å². The van der Waals surface area contributed by atoms with E-state index in [9.17, 15) is 0 Å². The summed E-state index contributed by atoms with van der Waals surface area (Å²) in [5.74, 6) is 0.0865. The van der Waals surface area contributed by atoms with Gasteiger partial charge in [-0.2, -0.15) is 11.3 Å². The number of nitrogen functional groups attached to an aromatic ring is 1. The second-order valence-electron chi connectivity index (χ2n) is 4.06. The van der Waals surface area contributed by atoms with Crippen LogP contribution in [-0.4, -0.2) is 12.9 Å². The number of amidine groups is 1. The third-order valence-corrected chi connectivity index (χ3v) is 3.89. The van der Waals surface area contributed by atoms with Crippen LogP contribution in [0.3, 0.4) is 0 Å². The van der Waals surface area contributed by atoms with Crippen LogP contribution in [0.1, 0.15) is 11.1 Å². The van der Waals surface area contributed by atoms with Crippen LogP contribution in [0.5, 0.6) is 0 Å². The maximum absolute atomic E-state index is 7.65. The summed E-state index contributed by atoms with van der Waals surface area (Å²) in [7, 11) is 2.01. The summed E-state index contributed by atoms with van der Waals surface area (Å²) >= 11 is 5.09. The van der Waals surface area contributed by atoms with E-state index in [1.807, 2.05) is 25.2 Å². The highest BCUT2D eigenvalue weighted by molar-refractivity contribution is 9.10. The van der Waals surface area contributed by atoms with E-state index in [0.717, 1.165) is 22.3 Å². The lowest BCUT2D eigenvalue weighted by Crippen LogP contribution is -2.21. The average molecular weight is 324 g/mol. The molecule has 1 aromatic carbocycles. The molecule has 0 saturated heterocycles. The highest BCUT2D eigenvalue weighted by Crippen LogP contribution is 2.25. The summed E-state index contributed by atoms with van der Waals surface area (Å²) in [6, 6.07) is 7.92. The Hall–Kier alpha value is -1.33. The lowest BCUT2D eigenvalue weighted by Gasteiger charge is -2.22. The fraction of sp³-hybridized carbons (Fsp3) is 0.154. The Kier molecular flexibility index (Phi) is 4.04. The van der Waals surface area contributed by atoms with E-state index < -0.39 is 0 Å². The van der Waals surface area contributed by atoms with Gasteiger partial charge < -0.3 is 10.6 Å². The van der Waals surface area contributed by atoms with E-state index in [1.165, 1.54) is 5.56 Å². The molecule has 0 aliphatic heterocycles. The van der Waals surface area contributed by atoms with Crippen LogP contribution in [-0.2, 0) is 6.54 Å². The largest absolute Gasteiger partial charge is 0.384 e. The third-order valence-electron chi connectivity index (χ3n) is 2.66. The molecular formula is C13H14BrN3S. The molecule has 2 aromatic rings. The van der Waals surface area contributed by atoms with Gasteiger partial charge in [0.05, 0.1) is 0 Å². The topological polar surface area (TPSA) is 53.1 Å². The lowest BCUT2D eigenvalue weighted by atomic mass is 10.1. The number of benzene rings is 1. The second kappa shape index (κ2) is 5.54. The Labute approximate surface area is 119 Å². The highest BCUT2D eigenvalue weighted by Gasteiger charge is 2.11. The molecule has 3 nitrogen and oxygen atoms in total. The third kappa shape index (κ3) is 2.91. The van der Waals surface area contributed by atoms with Gasteiger partial charge in [-0.1, -0.05) is 15.9 Å². The van der Waals surface area contributed by atoms with E-state index in [4.69, 9.17) is 11.1 Å². The maximum atomic E-state index is 7.65. The predicted molar refractivity (Wildman–Crippen MR) is 81.6 cm³/mol. The van der Waals surface area contributed by atoms with Crippen LogP contribution < -0.4 is 10.6 Å². The predicted octanol–water partition coefficient (Wildman–Crippen LogP) is 3.43. The van der Waals surface area contributed by atoms with Gasteiger partial charge in [-0.05, 0) is 40.6 Å². The van der Waals surface area contributed by atoms with Crippen molar-refractivity contribution in [2.45, 2.75) is 6.54 Å². The van der Waals surface area contributed by atoms with Crippen molar-refractivity contribution in [1.29, 1.82) is 5.41 Å². The van der Waals surface area contributed by atoms with Crippen molar-refractivity contribution in [3.8, 4) is 0 Å². The first-order chi connectivity index (χ1) is 8.58. The zero-order valence-corrected chi connectivity index (χ0v) is 12.4. The van der Waals surface area contributed by atoms with Crippen molar-refractivity contribution < 1.29 is 0 Å². The van der Waals surface area contributed by atoms with E-state index in [2.05, 4.69) is 37.7 Å². The molecule has 0 aliphatic rings. The Balaban J connectivity index is 2.29. The van der Waals surface area contributed by atoms with Gasteiger partial charge in [0.25, 0.3) is 0 Å². The minimum Gasteiger partial charge on any atom is -0.384 e. The standard InChI is InChI=1S/C13H14BrN3S/c1-17(7-9-4-5-18-8-9)12-3-2-10(14)6-11(12)13(15)16/h2-6,8H,7H2,1H3,(H3,15,16). The molecule has 0 aliphatic carbocycles. The normalized spacial score (nSPS) is 10.3. The number of nitrogens with one attached hydrogen (secondary N) is 1. The molecule has 0 unspecified atom stereocenters. The van der Waals surface area contributed by atoms with Gasteiger partial charge in [0.15, 0.2) is 0 Å². The van der Waals surface area contributed by atoms with Crippen molar-refractivity contribution in [3.05, 3.63) is 50.6 Å². The zero-order chi connectivity index (χ0) is 13.1. The van der Waals surface area contributed by atoms with Gasteiger partial charge in [0, 0.05) is 29.3 Å². The Morgan fingerprint density at radius 3 is 2.83 bits per heavy atom. The van der Waals surface area contributed by atoms with Crippen LogP contribution in [0.2, 0.25) is 0 Å². The molecule has 5 heteroatoms. The Morgan fingerprint density at radius 2 is 2.22 bits per heavy atom. The number of hydrogen-bond acceptors (Lipinski definition) is 3. The fourth-order valence-corrected chi connectivity index (χ4v) is 2.82. The fourth-order valence-electron chi connectivity index (χ4n) is 1.80. The molecule has 0 bridgehead atoms. The number of nitrogens with zero attached hydrogens (tertiary/aromatic N) is 1. The molecule has 0 atom stereocenters. The molecule has 0 amide bonds. The van der Waals surface area contributed by atoms with Gasteiger partial charge >= 0.3 is 0 Å². The first kappa shape index (κ1) is 13.1. The van der Waals surface area contributed by atoms with Crippen LogP contribution in [0.25, 0.3) is 0 Å². The summed E-state index contributed by atoms with van der Waals surface area (Å²) < 4.78 is 0.931. The second-order valence-corrected chi connectivity index (χ2v) is 5.76. The minimum atomic E-state index is 0.0865.